The van der Waals surface area contributed by atoms with Gasteiger partial charge in [-0.25, -0.2) is 0 Å². The molecule has 0 aliphatic rings. The Labute approximate surface area is 145 Å². The van der Waals surface area contributed by atoms with Crippen LogP contribution in [0.25, 0.3) is 0 Å². The number of ether oxygens (including phenoxy) is 2. The molecule has 2 aromatic rings. The van der Waals surface area contributed by atoms with Gasteiger partial charge in [-0.2, -0.15) is 0 Å². The number of hydrogen-bond donors (Lipinski definition) is 1. The van der Waals surface area contributed by atoms with Crippen molar-refractivity contribution >= 4 is 23.2 Å². The van der Waals surface area contributed by atoms with Crippen LogP contribution in [-0.4, -0.2) is 43.8 Å². The predicted octanol–water partition coefficient (Wildman–Crippen LogP) is 2.72. The van der Waals surface area contributed by atoms with Gasteiger partial charge in [-0.15, -0.1) is 0 Å². The number of aromatic nitrogens is 1. The summed E-state index contributed by atoms with van der Waals surface area (Å²) in [7, 11) is 4.84. The first-order valence-corrected chi connectivity index (χ1v) is 7.62. The molecular formula is C16H20ClN3O4. The number of aryl methyl sites for hydroxylation is 1. The second kappa shape index (κ2) is 8.03. The molecule has 0 aliphatic carbocycles. The van der Waals surface area contributed by atoms with Gasteiger partial charge >= 0.3 is 0 Å². The summed E-state index contributed by atoms with van der Waals surface area (Å²) < 4.78 is 15.4. The van der Waals surface area contributed by atoms with Gasteiger partial charge in [0.25, 0.3) is 0 Å². The Morgan fingerprint density at radius 3 is 2.58 bits per heavy atom. The van der Waals surface area contributed by atoms with Gasteiger partial charge < -0.3 is 19.3 Å². The minimum absolute atomic E-state index is 0.181. The number of nitrogens with zero attached hydrogens (tertiary/aromatic N) is 2. The third-order valence-corrected chi connectivity index (χ3v) is 3.57. The first-order valence-electron chi connectivity index (χ1n) is 7.25. The number of hydrogen-bond acceptors (Lipinski definition) is 6. The van der Waals surface area contributed by atoms with Gasteiger partial charge in [0.1, 0.15) is 17.3 Å². The highest BCUT2D eigenvalue weighted by molar-refractivity contribution is 6.32. The minimum atomic E-state index is -0.194. The summed E-state index contributed by atoms with van der Waals surface area (Å²) in [4.78, 5) is 14.1. The molecule has 2 rings (SSSR count). The zero-order chi connectivity index (χ0) is 17.7. The van der Waals surface area contributed by atoms with Gasteiger partial charge in [-0.1, -0.05) is 16.8 Å². The van der Waals surface area contributed by atoms with Crippen molar-refractivity contribution in [2.75, 3.05) is 33.1 Å². The van der Waals surface area contributed by atoms with Crippen LogP contribution >= 0.6 is 11.6 Å². The molecule has 0 saturated carbocycles. The Morgan fingerprint density at radius 2 is 2.00 bits per heavy atom. The average Bonchev–Trinajstić information content (AvgIpc) is 2.93. The van der Waals surface area contributed by atoms with Crippen molar-refractivity contribution in [3.8, 4) is 11.5 Å². The summed E-state index contributed by atoms with van der Waals surface area (Å²) >= 11 is 6.05. The van der Waals surface area contributed by atoms with Crippen molar-refractivity contribution in [3.05, 3.63) is 34.7 Å². The molecule has 8 heteroatoms. The van der Waals surface area contributed by atoms with E-state index in [9.17, 15) is 4.79 Å². The van der Waals surface area contributed by atoms with Crippen LogP contribution in [0.5, 0.6) is 11.5 Å². The van der Waals surface area contributed by atoms with Crippen LogP contribution in [0.2, 0.25) is 5.02 Å². The van der Waals surface area contributed by atoms with E-state index in [1.807, 2.05) is 24.9 Å². The highest BCUT2D eigenvalue weighted by Crippen LogP contribution is 2.35. The predicted molar refractivity (Wildman–Crippen MR) is 90.8 cm³/mol. The summed E-state index contributed by atoms with van der Waals surface area (Å²) in [6.07, 6.45) is 0. The second-order valence-corrected chi connectivity index (χ2v) is 5.74. The molecule has 1 aromatic carbocycles. The molecule has 1 amide bonds. The molecule has 0 radical (unpaired) electrons. The van der Waals surface area contributed by atoms with E-state index in [0.29, 0.717) is 28.8 Å². The monoisotopic (exact) mass is 353 g/mol. The van der Waals surface area contributed by atoms with Gasteiger partial charge in [-0.05, 0) is 14.0 Å². The molecular weight excluding hydrogens is 334 g/mol. The lowest BCUT2D eigenvalue weighted by Gasteiger charge is -2.16. The quantitative estimate of drug-likeness (QED) is 0.824. The highest BCUT2D eigenvalue weighted by atomic mass is 35.5. The van der Waals surface area contributed by atoms with E-state index in [4.69, 9.17) is 25.6 Å². The van der Waals surface area contributed by atoms with E-state index in [0.717, 1.165) is 11.5 Å². The van der Waals surface area contributed by atoms with E-state index in [-0.39, 0.29) is 12.5 Å². The maximum absolute atomic E-state index is 12.2. The first kappa shape index (κ1) is 18.1. The van der Waals surface area contributed by atoms with Gasteiger partial charge in [0, 0.05) is 24.7 Å². The van der Waals surface area contributed by atoms with Crippen molar-refractivity contribution < 1.29 is 18.8 Å². The van der Waals surface area contributed by atoms with Crippen molar-refractivity contribution in [1.29, 1.82) is 0 Å². The molecule has 1 aromatic heterocycles. The van der Waals surface area contributed by atoms with Crippen LogP contribution in [0.3, 0.4) is 0 Å². The molecule has 0 unspecified atom stereocenters. The Balaban J connectivity index is 2.01. The summed E-state index contributed by atoms with van der Waals surface area (Å²) in [6, 6.07) is 5.05. The fraction of sp³-hybridized carbons (Fsp3) is 0.375. The van der Waals surface area contributed by atoms with Crippen molar-refractivity contribution in [2.45, 2.75) is 13.5 Å². The van der Waals surface area contributed by atoms with Crippen LogP contribution < -0.4 is 14.8 Å². The maximum Gasteiger partial charge on any atom is 0.238 e. The number of anilines is 1. The summed E-state index contributed by atoms with van der Waals surface area (Å²) in [5.41, 5.74) is 1.27. The molecule has 1 heterocycles. The van der Waals surface area contributed by atoms with Crippen molar-refractivity contribution in [3.63, 3.8) is 0 Å². The Kier molecular flexibility index (Phi) is 6.05. The van der Waals surface area contributed by atoms with Gasteiger partial charge in [0.15, 0.2) is 0 Å². The number of carbonyl (C=O) groups is 1. The molecule has 0 atom stereocenters. The Morgan fingerprint density at radius 1 is 1.29 bits per heavy atom. The number of likely N-dealkylation sites (N-methyl/N-ethyl adjacent to an activating group) is 1. The highest BCUT2D eigenvalue weighted by Gasteiger charge is 2.14. The van der Waals surface area contributed by atoms with Crippen molar-refractivity contribution in [1.82, 2.24) is 10.1 Å². The fourth-order valence-electron chi connectivity index (χ4n) is 2.22. The zero-order valence-electron chi connectivity index (χ0n) is 14.1. The minimum Gasteiger partial charge on any atom is -0.495 e. The van der Waals surface area contributed by atoms with E-state index in [2.05, 4.69) is 10.5 Å². The maximum atomic E-state index is 12.2. The number of nitrogens with one attached hydrogen (secondary N) is 1. The summed E-state index contributed by atoms with van der Waals surface area (Å²) in [6.45, 7) is 2.51. The van der Waals surface area contributed by atoms with E-state index in [1.54, 1.807) is 12.1 Å². The molecule has 130 valence electrons. The van der Waals surface area contributed by atoms with E-state index in [1.165, 1.54) is 14.2 Å². The summed E-state index contributed by atoms with van der Waals surface area (Å²) in [5, 5.41) is 7.11. The lowest BCUT2D eigenvalue weighted by atomic mass is 10.2. The standard InChI is InChI=1S/C16H20ClN3O4/c1-10-5-11(19-24-10)8-20(2)9-16(21)18-13-7-14(22-3)12(17)6-15(13)23-4/h5-7H,8-9H2,1-4H3,(H,18,21). The molecule has 7 nitrogen and oxygen atoms in total. The summed E-state index contributed by atoms with van der Waals surface area (Å²) in [5.74, 6) is 1.46. The van der Waals surface area contributed by atoms with E-state index < -0.39 is 0 Å². The molecule has 0 spiro atoms. The second-order valence-electron chi connectivity index (χ2n) is 5.34. The zero-order valence-corrected chi connectivity index (χ0v) is 14.8. The Hall–Kier alpha value is -2.25. The third kappa shape index (κ3) is 4.62. The topological polar surface area (TPSA) is 76.8 Å². The Bertz CT molecular complexity index is 717. The average molecular weight is 354 g/mol. The smallest absolute Gasteiger partial charge is 0.238 e. The number of rotatable bonds is 7. The van der Waals surface area contributed by atoms with Crippen LogP contribution in [-0.2, 0) is 11.3 Å². The number of benzene rings is 1. The SMILES string of the molecule is COc1cc(NC(=O)CN(C)Cc2cc(C)on2)c(OC)cc1Cl. The lowest BCUT2D eigenvalue weighted by Crippen LogP contribution is -2.30. The van der Waals surface area contributed by atoms with E-state index >= 15 is 0 Å². The van der Waals surface area contributed by atoms with Crippen LogP contribution in [0.4, 0.5) is 5.69 Å². The van der Waals surface area contributed by atoms with Crippen LogP contribution in [0.15, 0.2) is 22.7 Å². The molecule has 0 bridgehead atoms. The molecule has 0 saturated heterocycles. The first-order chi connectivity index (χ1) is 11.4. The lowest BCUT2D eigenvalue weighted by molar-refractivity contribution is -0.117. The number of amides is 1. The van der Waals surface area contributed by atoms with Crippen LogP contribution in [0.1, 0.15) is 11.5 Å². The van der Waals surface area contributed by atoms with Gasteiger partial charge in [-0.3, -0.25) is 9.69 Å². The molecule has 0 aliphatic heterocycles. The molecule has 0 fully saturated rings. The van der Waals surface area contributed by atoms with Crippen LogP contribution in [0, 0.1) is 6.92 Å². The fourth-order valence-corrected chi connectivity index (χ4v) is 2.45. The normalized spacial score (nSPS) is 10.8. The molecule has 1 N–H and O–H groups in total. The number of halogens is 1. The largest absolute Gasteiger partial charge is 0.495 e. The van der Waals surface area contributed by atoms with Gasteiger partial charge in [0.05, 0.1) is 37.2 Å². The number of carbonyl (C=O) groups excluding carboxylic acids is 1. The molecule has 24 heavy (non-hydrogen) atoms. The number of methoxy groups -OCH3 is 2. The third-order valence-electron chi connectivity index (χ3n) is 3.27. The van der Waals surface area contributed by atoms with Crippen molar-refractivity contribution in [2.24, 2.45) is 0 Å². The van der Waals surface area contributed by atoms with Gasteiger partial charge in [0.2, 0.25) is 5.91 Å².